The number of carbonyl (C=O) groups is 2. The standard InChI is InChI=1S/C21H24N2O2/c1-3-5-16-7-9-17(10-8-16)21(25)22-18-11-12-19(15(2)14-18)23-13-4-6-20(23)24/h7-12,14H,3-6,13H2,1-2H3,(H,22,25). The topological polar surface area (TPSA) is 49.4 Å². The summed E-state index contributed by atoms with van der Waals surface area (Å²) < 4.78 is 0. The zero-order valence-corrected chi connectivity index (χ0v) is 14.8. The van der Waals surface area contributed by atoms with E-state index < -0.39 is 0 Å². The molecule has 2 aromatic carbocycles. The monoisotopic (exact) mass is 336 g/mol. The lowest BCUT2D eigenvalue weighted by molar-refractivity contribution is -0.117. The van der Waals surface area contributed by atoms with Gasteiger partial charge in [0.25, 0.3) is 5.91 Å². The predicted octanol–water partition coefficient (Wildman–Crippen LogP) is 4.33. The lowest BCUT2D eigenvalue weighted by atomic mass is 10.1. The molecule has 25 heavy (non-hydrogen) atoms. The maximum Gasteiger partial charge on any atom is 0.255 e. The van der Waals surface area contributed by atoms with Gasteiger partial charge < -0.3 is 10.2 Å². The lowest BCUT2D eigenvalue weighted by Gasteiger charge is -2.19. The molecule has 4 heteroatoms. The molecule has 0 radical (unpaired) electrons. The number of amides is 2. The van der Waals surface area contributed by atoms with Crippen molar-refractivity contribution in [3.63, 3.8) is 0 Å². The van der Waals surface area contributed by atoms with Crippen LogP contribution in [0.15, 0.2) is 42.5 Å². The largest absolute Gasteiger partial charge is 0.322 e. The number of benzene rings is 2. The molecular weight excluding hydrogens is 312 g/mol. The highest BCUT2D eigenvalue weighted by molar-refractivity contribution is 6.04. The van der Waals surface area contributed by atoms with Crippen LogP contribution in [-0.2, 0) is 11.2 Å². The Hall–Kier alpha value is -2.62. The van der Waals surface area contributed by atoms with Crippen molar-refractivity contribution in [2.75, 3.05) is 16.8 Å². The molecule has 0 saturated carbocycles. The molecule has 2 amide bonds. The Kier molecular flexibility index (Phi) is 5.17. The maximum atomic E-state index is 12.4. The second-order valence-corrected chi connectivity index (χ2v) is 6.55. The summed E-state index contributed by atoms with van der Waals surface area (Å²) in [5.41, 5.74) is 4.57. The molecule has 130 valence electrons. The van der Waals surface area contributed by atoms with Crippen LogP contribution in [0.3, 0.4) is 0 Å². The molecule has 1 fully saturated rings. The van der Waals surface area contributed by atoms with E-state index in [2.05, 4.69) is 12.2 Å². The minimum atomic E-state index is -0.118. The zero-order valence-electron chi connectivity index (χ0n) is 14.8. The van der Waals surface area contributed by atoms with E-state index in [0.29, 0.717) is 12.0 Å². The third-order valence-corrected chi connectivity index (χ3v) is 4.57. The summed E-state index contributed by atoms with van der Waals surface area (Å²) in [6.45, 7) is 4.88. The summed E-state index contributed by atoms with van der Waals surface area (Å²) in [4.78, 5) is 26.1. The second-order valence-electron chi connectivity index (χ2n) is 6.55. The van der Waals surface area contributed by atoms with Crippen molar-refractivity contribution in [2.45, 2.75) is 39.5 Å². The zero-order chi connectivity index (χ0) is 17.8. The van der Waals surface area contributed by atoms with Crippen LogP contribution in [0.1, 0.15) is 47.7 Å². The van der Waals surface area contributed by atoms with Gasteiger partial charge in [-0.25, -0.2) is 0 Å². The number of carbonyl (C=O) groups excluding carboxylic acids is 2. The number of hydrogen-bond acceptors (Lipinski definition) is 2. The molecule has 1 aliphatic rings. The van der Waals surface area contributed by atoms with Gasteiger partial charge in [-0.15, -0.1) is 0 Å². The van der Waals surface area contributed by atoms with Gasteiger partial charge in [0.2, 0.25) is 5.91 Å². The number of rotatable bonds is 5. The number of aryl methyl sites for hydroxylation is 2. The fraction of sp³-hybridized carbons (Fsp3) is 0.333. The summed E-state index contributed by atoms with van der Waals surface area (Å²) >= 11 is 0. The van der Waals surface area contributed by atoms with Gasteiger partial charge >= 0.3 is 0 Å². The summed E-state index contributed by atoms with van der Waals surface area (Å²) in [7, 11) is 0. The number of nitrogens with one attached hydrogen (secondary N) is 1. The van der Waals surface area contributed by atoms with Crippen LogP contribution >= 0.6 is 0 Å². The molecule has 0 aliphatic carbocycles. The molecule has 0 atom stereocenters. The Bertz CT molecular complexity index is 781. The summed E-state index contributed by atoms with van der Waals surface area (Å²) in [6, 6.07) is 13.4. The van der Waals surface area contributed by atoms with Gasteiger partial charge in [-0.2, -0.15) is 0 Å². The number of anilines is 2. The summed E-state index contributed by atoms with van der Waals surface area (Å²) in [5.74, 6) is 0.0551. The van der Waals surface area contributed by atoms with E-state index in [1.807, 2.05) is 54.3 Å². The highest BCUT2D eigenvalue weighted by atomic mass is 16.2. The van der Waals surface area contributed by atoms with Crippen LogP contribution in [0.4, 0.5) is 11.4 Å². The SMILES string of the molecule is CCCc1ccc(C(=O)Nc2ccc(N3CCCC3=O)c(C)c2)cc1. The van der Waals surface area contributed by atoms with Gasteiger partial charge in [-0.05, 0) is 61.2 Å². The quantitative estimate of drug-likeness (QED) is 0.883. The van der Waals surface area contributed by atoms with Gasteiger partial charge in [0.15, 0.2) is 0 Å². The Morgan fingerprint density at radius 2 is 1.92 bits per heavy atom. The molecule has 0 unspecified atom stereocenters. The highest BCUT2D eigenvalue weighted by Crippen LogP contribution is 2.27. The van der Waals surface area contributed by atoms with Gasteiger partial charge in [0.1, 0.15) is 0 Å². The maximum absolute atomic E-state index is 12.4. The Labute approximate surface area is 148 Å². The van der Waals surface area contributed by atoms with E-state index in [4.69, 9.17) is 0 Å². The average Bonchev–Trinajstić information content (AvgIpc) is 3.02. The minimum Gasteiger partial charge on any atom is -0.322 e. The molecular formula is C21H24N2O2. The van der Waals surface area contributed by atoms with Crippen molar-refractivity contribution >= 4 is 23.2 Å². The fourth-order valence-electron chi connectivity index (χ4n) is 3.25. The van der Waals surface area contributed by atoms with Gasteiger partial charge in [0.05, 0.1) is 0 Å². The molecule has 1 heterocycles. The van der Waals surface area contributed by atoms with Gasteiger partial charge in [-0.1, -0.05) is 25.5 Å². The van der Waals surface area contributed by atoms with Crippen LogP contribution in [0.25, 0.3) is 0 Å². The van der Waals surface area contributed by atoms with E-state index in [-0.39, 0.29) is 11.8 Å². The third kappa shape index (κ3) is 3.90. The number of hydrogen-bond donors (Lipinski definition) is 1. The van der Waals surface area contributed by atoms with Crippen LogP contribution in [0.2, 0.25) is 0 Å². The Balaban J connectivity index is 1.71. The van der Waals surface area contributed by atoms with Crippen molar-refractivity contribution in [3.05, 3.63) is 59.2 Å². The molecule has 3 rings (SSSR count). The molecule has 2 aromatic rings. The normalized spacial score (nSPS) is 14.0. The van der Waals surface area contributed by atoms with Crippen molar-refractivity contribution in [2.24, 2.45) is 0 Å². The first-order valence-electron chi connectivity index (χ1n) is 8.90. The molecule has 0 aromatic heterocycles. The Morgan fingerprint density at radius 1 is 1.16 bits per heavy atom. The average molecular weight is 336 g/mol. The van der Waals surface area contributed by atoms with E-state index in [1.165, 1.54) is 5.56 Å². The first kappa shape index (κ1) is 17.2. The molecule has 1 N–H and O–H groups in total. The van der Waals surface area contributed by atoms with E-state index in [9.17, 15) is 9.59 Å². The molecule has 1 saturated heterocycles. The molecule has 4 nitrogen and oxygen atoms in total. The van der Waals surface area contributed by atoms with Crippen LogP contribution < -0.4 is 10.2 Å². The highest BCUT2D eigenvalue weighted by Gasteiger charge is 2.23. The summed E-state index contributed by atoms with van der Waals surface area (Å²) in [5, 5.41) is 2.94. The minimum absolute atomic E-state index is 0.118. The van der Waals surface area contributed by atoms with E-state index in [1.54, 1.807) is 0 Å². The Morgan fingerprint density at radius 3 is 2.52 bits per heavy atom. The van der Waals surface area contributed by atoms with Crippen molar-refractivity contribution in [1.82, 2.24) is 0 Å². The number of nitrogens with zero attached hydrogens (tertiary/aromatic N) is 1. The van der Waals surface area contributed by atoms with Crippen molar-refractivity contribution < 1.29 is 9.59 Å². The fourth-order valence-corrected chi connectivity index (χ4v) is 3.25. The first-order chi connectivity index (χ1) is 12.1. The smallest absolute Gasteiger partial charge is 0.255 e. The second kappa shape index (κ2) is 7.51. The van der Waals surface area contributed by atoms with Crippen LogP contribution in [-0.4, -0.2) is 18.4 Å². The predicted molar refractivity (Wildman–Crippen MR) is 101 cm³/mol. The van der Waals surface area contributed by atoms with Crippen LogP contribution in [0, 0.1) is 6.92 Å². The van der Waals surface area contributed by atoms with Crippen molar-refractivity contribution in [3.8, 4) is 0 Å². The van der Waals surface area contributed by atoms with E-state index in [0.717, 1.165) is 42.7 Å². The van der Waals surface area contributed by atoms with Crippen LogP contribution in [0.5, 0.6) is 0 Å². The molecule has 0 spiro atoms. The van der Waals surface area contributed by atoms with Crippen molar-refractivity contribution in [1.29, 1.82) is 0 Å². The lowest BCUT2D eigenvalue weighted by Crippen LogP contribution is -2.24. The molecule has 0 bridgehead atoms. The van der Waals surface area contributed by atoms with Gasteiger partial charge in [-0.3, -0.25) is 9.59 Å². The summed E-state index contributed by atoms with van der Waals surface area (Å²) in [6.07, 6.45) is 3.64. The third-order valence-electron chi connectivity index (χ3n) is 4.57. The van der Waals surface area contributed by atoms with Gasteiger partial charge in [0, 0.05) is 29.9 Å². The van der Waals surface area contributed by atoms with E-state index >= 15 is 0 Å². The molecule has 1 aliphatic heterocycles. The first-order valence-corrected chi connectivity index (χ1v) is 8.90.